The Morgan fingerprint density at radius 3 is 2.76 bits per heavy atom. The third-order valence-corrected chi connectivity index (χ3v) is 4.71. The monoisotopic (exact) mass is 284 g/mol. The highest BCUT2D eigenvalue weighted by atomic mass is 16.1. The summed E-state index contributed by atoms with van der Waals surface area (Å²) in [5.41, 5.74) is 2.28. The number of aryl methyl sites for hydroxylation is 1. The first kappa shape index (κ1) is 14.3. The largest absolute Gasteiger partial charge is 0.344 e. The van der Waals surface area contributed by atoms with E-state index in [2.05, 4.69) is 29.4 Å². The molecule has 2 heterocycles. The van der Waals surface area contributed by atoms with E-state index in [1.165, 1.54) is 13.0 Å². The number of rotatable bonds is 3. The number of likely N-dealkylation sites (tertiary alicyclic amines) is 1. The first-order chi connectivity index (χ1) is 10.1. The Hall–Kier alpha value is -1.61. The summed E-state index contributed by atoms with van der Waals surface area (Å²) in [6.07, 6.45) is 1.25. The number of hydrogen-bond donors (Lipinski definition) is 0. The molecule has 1 saturated heterocycles. The minimum absolute atomic E-state index is 0.134. The van der Waals surface area contributed by atoms with Gasteiger partial charge in [-0.1, -0.05) is 12.1 Å². The van der Waals surface area contributed by atoms with E-state index in [-0.39, 0.29) is 5.43 Å². The van der Waals surface area contributed by atoms with E-state index in [1.54, 1.807) is 6.07 Å². The van der Waals surface area contributed by atoms with Crippen LogP contribution in [0.5, 0.6) is 0 Å². The number of aromatic nitrogens is 1. The van der Waals surface area contributed by atoms with Crippen molar-refractivity contribution in [3.8, 4) is 0 Å². The molecule has 1 aliphatic rings. The summed E-state index contributed by atoms with van der Waals surface area (Å²) in [5.74, 6) is 0.678. The molecule has 0 aliphatic carbocycles. The van der Waals surface area contributed by atoms with Gasteiger partial charge in [-0.25, -0.2) is 0 Å². The van der Waals surface area contributed by atoms with E-state index >= 15 is 0 Å². The van der Waals surface area contributed by atoms with E-state index in [4.69, 9.17) is 0 Å². The first-order valence-corrected chi connectivity index (χ1v) is 7.89. The van der Waals surface area contributed by atoms with Crippen molar-refractivity contribution >= 4 is 10.9 Å². The molecule has 1 fully saturated rings. The fraction of sp³-hybridized carbons (Fsp3) is 0.500. The molecule has 3 heteroatoms. The molecule has 0 saturated carbocycles. The average molecular weight is 284 g/mol. The highest BCUT2D eigenvalue weighted by Crippen LogP contribution is 2.22. The molecule has 3 nitrogen and oxygen atoms in total. The molecule has 1 atom stereocenters. The van der Waals surface area contributed by atoms with Crippen LogP contribution in [0, 0.1) is 12.8 Å². The molecular formula is C18H24N2O. The van der Waals surface area contributed by atoms with Gasteiger partial charge in [-0.05, 0) is 51.8 Å². The van der Waals surface area contributed by atoms with Crippen LogP contribution in [0.25, 0.3) is 10.9 Å². The van der Waals surface area contributed by atoms with Gasteiger partial charge in [-0.15, -0.1) is 0 Å². The number of benzene rings is 1. The van der Waals surface area contributed by atoms with E-state index in [9.17, 15) is 4.79 Å². The normalized spacial score (nSPS) is 19.7. The van der Waals surface area contributed by atoms with Crippen LogP contribution in [-0.4, -0.2) is 28.6 Å². The van der Waals surface area contributed by atoms with Crippen molar-refractivity contribution in [2.75, 3.05) is 13.1 Å². The van der Waals surface area contributed by atoms with E-state index in [1.807, 2.05) is 25.1 Å². The highest BCUT2D eigenvalue weighted by Gasteiger charge is 2.24. The van der Waals surface area contributed by atoms with Crippen LogP contribution in [0.1, 0.15) is 26.0 Å². The smallest absolute Gasteiger partial charge is 0.189 e. The lowest BCUT2D eigenvalue weighted by molar-refractivity contribution is 0.261. The Morgan fingerprint density at radius 2 is 2.05 bits per heavy atom. The molecule has 112 valence electrons. The Bertz CT molecular complexity index is 702. The third kappa shape index (κ3) is 2.75. The summed E-state index contributed by atoms with van der Waals surface area (Å²) in [6.45, 7) is 9.95. The Labute approximate surface area is 126 Å². The first-order valence-electron chi connectivity index (χ1n) is 7.89. The third-order valence-electron chi connectivity index (χ3n) is 4.71. The fourth-order valence-electron chi connectivity index (χ4n) is 3.43. The molecule has 21 heavy (non-hydrogen) atoms. The van der Waals surface area contributed by atoms with Crippen molar-refractivity contribution in [2.45, 2.75) is 39.8 Å². The SMILES string of the molecule is Cc1cc(=O)c2ccccc2n1C[C@@H]1CCN(C(C)C)C1. The van der Waals surface area contributed by atoms with Crippen LogP contribution in [0.4, 0.5) is 0 Å². The Morgan fingerprint density at radius 1 is 1.29 bits per heavy atom. The maximum atomic E-state index is 12.1. The standard InChI is InChI=1S/C18H24N2O/c1-13(2)19-9-8-15(11-19)12-20-14(3)10-18(21)16-6-4-5-7-17(16)20/h4-7,10,13,15H,8-9,11-12H2,1-3H3/t15-/m1/s1. The molecule has 0 unspecified atom stereocenters. The second-order valence-electron chi connectivity index (χ2n) is 6.52. The van der Waals surface area contributed by atoms with Gasteiger partial charge in [0.25, 0.3) is 0 Å². The zero-order valence-corrected chi connectivity index (χ0v) is 13.2. The van der Waals surface area contributed by atoms with Crippen molar-refractivity contribution < 1.29 is 0 Å². The lowest BCUT2D eigenvalue weighted by atomic mass is 10.1. The maximum Gasteiger partial charge on any atom is 0.189 e. The van der Waals surface area contributed by atoms with Crippen LogP contribution in [0.15, 0.2) is 35.1 Å². The van der Waals surface area contributed by atoms with Crippen molar-refractivity contribution in [1.29, 1.82) is 0 Å². The molecule has 1 aromatic heterocycles. The summed E-state index contributed by atoms with van der Waals surface area (Å²) in [6, 6.07) is 10.4. The highest BCUT2D eigenvalue weighted by molar-refractivity contribution is 5.79. The molecule has 0 amide bonds. The van der Waals surface area contributed by atoms with Crippen LogP contribution >= 0.6 is 0 Å². The molecule has 0 spiro atoms. The minimum Gasteiger partial charge on any atom is -0.344 e. The lowest BCUT2D eigenvalue weighted by Gasteiger charge is -2.22. The van der Waals surface area contributed by atoms with Gasteiger partial charge in [-0.3, -0.25) is 4.79 Å². The van der Waals surface area contributed by atoms with Gasteiger partial charge in [0.2, 0.25) is 0 Å². The predicted octanol–water partition coefficient (Wildman–Crippen LogP) is 3.04. The van der Waals surface area contributed by atoms with Gasteiger partial charge in [-0.2, -0.15) is 0 Å². The molecule has 2 aromatic rings. The van der Waals surface area contributed by atoms with Crippen molar-refractivity contribution in [3.63, 3.8) is 0 Å². The predicted molar refractivity (Wildman–Crippen MR) is 87.8 cm³/mol. The van der Waals surface area contributed by atoms with E-state index in [0.717, 1.165) is 29.7 Å². The van der Waals surface area contributed by atoms with Crippen LogP contribution in [0.3, 0.4) is 0 Å². The maximum absolute atomic E-state index is 12.1. The molecule has 0 bridgehead atoms. The summed E-state index contributed by atoms with van der Waals surface area (Å²) >= 11 is 0. The zero-order valence-electron chi connectivity index (χ0n) is 13.2. The van der Waals surface area contributed by atoms with Gasteiger partial charge in [0, 0.05) is 36.3 Å². The topological polar surface area (TPSA) is 25.2 Å². The number of hydrogen-bond acceptors (Lipinski definition) is 2. The second kappa shape index (κ2) is 5.64. The lowest BCUT2D eigenvalue weighted by Crippen LogP contribution is -2.29. The van der Waals surface area contributed by atoms with Crippen molar-refractivity contribution in [2.24, 2.45) is 5.92 Å². The number of para-hydroxylation sites is 1. The number of nitrogens with zero attached hydrogens (tertiary/aromatic N) is 2. The van der Waals surface area contributed by atoms with Crippen molar-refractivity contribution in [3.05, 3.63) is 46.2 Å². The summed E-state index contributed by atoms with van der Waals surface area (Å²) < 4.78 is 2.32. The molecule has 1 aromatic carbocycles. The molecule has 3 rings (SSSR count). The Kier molecular flexibility index (Phi) is 3.85. The van der Waals surface area contributed by atoms with Gasteiger partial charge in [0.1, 0.15) is 0 Å². The van der Waals surface area contributed by atoms with Gasteiger partial charge in [0.05, 0.1) is 5.52 Å². The quantitative estimate of drug-likeness (QED) is 0.865. The summed E-state index contributed by atoms with van der Waals surface area (Å²) in [7, 11) is 0. The molecule has 0 N–H and O–H groups in total. The number of fused-ring (bicyclic) bond motifs is 1. The van der Waals surface area contributed by atoms with Gasteiger partial charge >= 0.3 is 0 Å². The zero-order chi connectivity index (χ0) is 15.0. The summed E-state index contributed by atoms with van der Waals surface area (Å²) in [4.78, 5) is 14.7. The minimum atomic E-state index is 0.134. The number of pyridine rings is 1. The fourth-order valence-corrected chi connectivity index (χ4v) is 3.43. The summed E-state index contributed by atoms with van der Waals surface area (Å²) in [5, 5.41) is 0.835. The second-order valence-corrected chi connectivity index (χ2v) is 6.52. The van der Waals surface area contributed by atoms with Crippen LogP contribution < -0.4 is 5.43 Å². The molecule has 0 radical (unpaired) electrons. The van der Waals surface area contributed by atoms with E-state index in [0.29, 0.717) is 12.0 Å². The molecular weight excluding hydrogens is 260 g/mol. The van der Waals surface area contributed by atoms with Crippen LogP contribution in [-0.2, 0) is 6.54 Å². The van der Waals surface area contributed by atoms with Gasteiger partial charge in [0.15, 0.2) is 5.43 Å². The van der Waals surface area contributed by atoms with Gasteiger partial charge < -0.3 is 9.47 Å². The van der Waals surface area contributed by atoms with Crippen LogP contribution in [0.2, 0.25) is 0 Å². The van der Waals surface area contributed by atoms with Crippen molar-refractivity contribution in [1.82, 2.24) is 9.47 Å². The average Bonchev–Trinajstić information content (AvgIpc) is 2.92. The Balaban J connectivity index is 1.93. The molecule has 1 aliphatic heterocycles. The van der Waals surface area contributed by atoms with E-state index < -0.39 is 0 Å².